The molecule has 0 atom stereocenters. The van der Waals surface area contributed by atoms with Gasteiger partial charge in [0.2, 0.25) is 5.91 Å². The molecule has 0 bridgehead atoms. The van der Waals surface area contributed by atoms with Crippen molar-refractivity contribution in [3.05, 3.63) is 52.9 Å². The summed E-state index contributed by atoms with van der Waals surface area (Å²) in [5.74, 6) is 0.517. The SMILES string of the molecule is Cc1c(Cl)cccc1N(Cc1ccco1)C(=O)CN. The first-order valence-corrected chi connectivity index (χ1v) is 6.29. The minimum Gasteiger partial charge on any atom is -0.467 e. The summed E-state index contributed by atoms with van der Waals surface area (Å²) in [6.45, 7) is 2.15. The van der Waals surface area contributed by atoms with Gasteiger partial charge in [0.15, 0.2) is 0 Å². The summed E-state index contributed by atoms with van der Waals surface area (Å²) >= 11 is 6.09. The Kier molecular flexibility index (Phi) is 4.24. The topological polar surface area (TPSA) is 59.5 Å². The summed E-state index contributed by atoms with van der Waals surface area (Å²) < 4.78 is 5.28. The lowest BCUT2D eigenvalue weighted by molar-refractivity contribution is -0.117. The second kappa shape index (κ2) is 5.91. The van der Waals surface area contributed by atoms with E-state index in [0.29, 0.717) is 17.3 Å². The maximum Gasteiger partial charge on any atom is 0.241 e. The van der Waals surface area contributed by atoms with Crippen molar-refractivity contribution in [1.82, 2.24) is 0 Å². The van der Waals surface area contributed by atoms with Crippen LogP contribution in [0, 0.1) is 6.92 Å². The Labute approximate surface area is 116 Å². The standard InChI is InChI=1S/C14H15ClN2O2/c1-10-12(15)5-2-6-13(10)17(14(18)8-16)9-11-4-3-7-19-11/h2-7H,8-9,16H2,1H3. The molecule has 4 nitrogen and oxygen atoms in total. The first kappa shape index (κ1) is 13.6. The van der Waals surface area contributed by atoms with E-state index in [2.05, 4.69) is 0 Å². The van der Waals surface area contributed by atoms with Crippen LogP contribution in [0.2, 0.25) is 5.02 Å². The molecule has 0 radical (unpaired) electrons. The summed E-state index contributed by atoms with van der Waals surface area (Å²) in [4.78, 5) is 13.6. The van der Waals surface area contributed by atoms with Gasteiger partial charge in [-0.3, -0.25) is 4.79 Å². The molecule has 19 heavy (non-hydrogen) atoms. The van der Waals surface area contributed by atoms with Gasteiger partial charge in [-0.05, 0) is 36.8 Å². The molecule has 1 aromatic carbocycles. The van der Waals surface area contributed by atoms with E-state index >= 15 is 0 Å². The molecular formula is C14H15ClN2O2. The van der Waals surface area contributed by atoms with Crippen LogP contribution in [0.4, 0.5) is 5.69 Å². The summed E-state index contributed by atoms with van der Waals surface area (Å²) in [5.41, 5.74) is 7.07. The minimum absolute atomic E-state index is 0.0628. The van der Waals surface area contributed by atoms with Gasteiger partial charge in [0.05, 0.1) is 19.4 Å². The molecule has 0 fully saturated rings. The Morgan fingerprint density at radius 1 is 1.37 bits per heavy atom. The number of rotatable bonds is 4. The van der Waals surface area contributed by atoms with Crippen LogP contribution >= 0.6 is 11.6 Å². The van der Waals surface area contributed by atoms with Gasteiger partial charge >= 0.3 is 0 Å². The van der Waals surface area contributed by atoms with E-state index < -0.39 is 0 Å². The third-order valence-electron chi connectivity index (χ3n) is 2.90. The van der Waals surface area contributed by atoms with Crippen LogP contribution in [0.5, 0.6) is 0 Å². The Hall–Kier alpha value is -1.78. The smallest absolute Gasteiger partial charge is 0.241 e. The van der Waals surface area contributed by atoms with E-state index in [9.17, 15) is 4.79 Å². The van der Waals surface area contributed by atoms with Crippen LogP contribution in [0.3, 0.4) is 0 Å². The highest BCUT2D eigenvalue weighted by molar-refractivity contribution is 6.31. The molecule has 0 unspecified atom stereocenters. The lowest BCUT2D eigenvalue weighted by atomic mass is 10.1. The average Bonchev–Trinajstić information content (AvgIpc) is 2.92. The third-order valence-corrected chi connectivity index (χ3v) is 3.31. The van der Waals surface area contributed by atoms with E-state index in [1.165, 1.54) is 0 Å². The second-order valence-corrected chi connectivity index (χ2v) is 4.55. The van der Waals surface area contributed by atoms with Gasteiger partial charge in [-0.2, -0.15) is 0 Å². The fourth-order valence-electron chi connectivity index (χ4n) is 1.86. The first-order valence-electron chi connectivity index (χ1n) is 5.91. The molecule has 0 saturated heterocycles. The Morgan fingerprint density at radius 3 is 2.79 bits per heavy atom. The molecule has 0 aliphatic heterocycles. The zero-order chi connectivity index (χ0) is 13.8. The largest absolute Gasteiger partial charge is 0.467 e. The number of carbonyl (C=O) groups excluding carboxylic acids is 1. The molecule has 5 heteroatoms. The van der Waals surface area contributed by atoms with Crippen molar-refractivity contribution in [3.8, 4) is 0 Å². The van der Waals surface area contributed by atoms with Crippen molar-refractivity contribution in [3.63, 3.8) is 0 Å². The van der Waals surface area contributed by atoms with Crippen LogP contribution in [-0.2, 0) is 11.3 Å². The monoisotopic (exact) mass is 278 g/mol. The second-order valence-electron chi connectivity index (χ2n) is 4.15. The Balaban J connectivity index is 2.37. The summed E-state index contributed by atoms with van der Waals surface area (Å²) in [6, 6.07) is 9.04. The van der Waals surface area contributed by atoms with Gasteiger partial charge < -0.3 is 15.1 Å². The summed E-state index contributed by atoms with van der Waals surface area (Å²) in [6.07, 6.45) is 1.57. The van der Waals surface area contributed by atoms with Crippen LogP contribution in [0.1, 0.15) is 11.3 Å². The number of hydrogen-bond donors (Lipinski definition) is 1. The van der Waals surface area contributed by atoms with Crippen LogP contribution < -0.4 is 10.6 Å². The fourth-order valence-corrected chi connectivity index (χ4v) is 2.03. The highest BCUT2D eigenvalue weighted by atomic mass is 35.5. The Morgan fingerprint density at radius 2 is 2.16 bits per heavy atom. The molecule has 1 heterocycles. The molecule has 0 aliphatic carbocycles. The van der Waals surface area contributed by atoms with E-state index in [1.807, 2.05) is 25.1 Å². The molecule has 0 spiro atoms. The maximum absolute atomic E-state index is 12.0. The zero-order valence-electron chi connectivity index (χ0n) is 10.6. The average molecular weight is 279 g/mol. The molecule has 2 N–H and O–H groups in total. The fraction of sp³-hybridized carbons (Fsp3) is 0.214. The predicted molar refractivity (Wildman–Crippen MR) is 75.1 cm³/mol. The lowest BCUT2D eigenvalue weighted by Gasteiger charge is -2.23. The van der Waals surface area contributed by atoms with Gasteiger partial charge in [-0.1, -0.05) is 17.7 Å². The molecule has 0 aliphatic rings. The molecule has 1 aromatic heterocycles. The van der Waals surface area contributed by atoms with Crippen molar-refractivity contribution in [2.75, 3.05) is 11.4 Å². The molecule has 2 rings (SSSR count). The molecular weight excluding hydrogens is 264 g/mol. The van der Waals surface area contributed by atoms with Gasteiger partial charge in [0.25, 0.3) is 0 Å². The van der Waals surface area contributed by atoms with Crippen molar-refractivity contribution in [2.24, 2.45) is 5.73 Å². The number of nitrogens with zero attached hydrogens (tertiary/aromatic N) is 1. The van der Waals surface area contributed by atoms with Crippen molar-refractivity contribution >= 4 is 23.2 Å². The maximum atomic E-state index is 12.0. The van der Waals surface area contributed by atoms with Crippen molar-refractivity contribution < 1.29 is 9.21 Å². The number of nitrogens with two attached hydrogens (primary N) is 1. The predicted octanol–water partition coefficient (Wildman–Crippen LogP) is 2.73. The van der Waals surface area contributed by atoms with E-state index in [1.54, 1.807) is 23.3 Å². The number of amides is 1. The van der Waals surface area contributed by atoms with Crippen molar-refractivity contribution in [2.45, 2.75) is 13.5 Å². The van der Waals surface area contributed by atoms with E-state index in [4.69, 9.17) is 21.8 Å². The van der Waals surface area contributed by atoms with E-state index in [-0.39, 0.29) is 12.5 Å². The highest BCUT2D eigenvalue weighted by Crippen LogP contribution is 2.27. The molecule has 1 amide bonds. The third kappa shape index (κ3) is 2.97. The number of anilines is 1. The molecule has 0 saturated carbocycles. The summed E-state index contributed by atoms with van der Waals surface area (Å²) in [5, 5.41) is 0.617. The van der Waals surface area contributed by atoms with Crippen LogP contribution in [0.25, 0.3) is 0 Å². The Bertz CT molecular complexity index is 567. The number of hydrogen-bond acceptors (Lipinski definition) is 3. The number of furan rings is 1. The van der Waals surface area contributed by atoms with Gasteiger partial charge in [0.1, 0.15) is 5.76 Å². The van der Waals surface area contributed by atoms with Crippen LogP contribution in [-0.4, -0.2) is 12.5 Å². The number of benzene rings is 1. The number of carbonyl (C=O) groups is 1. The first-order chi connectivity index (χ1) is 9.13. The van der Waals surface area contributed by atoms with E-state index in [0.717, 1.165) is 11.3 Å². The number of halogens is 1. The molecule has 2 aromatic rings. The summed E-state index contributed by atoms with van der Waals surface area (Å²) in [7, 11) is 0. The normalized spacial score (nSPS) is 10.5. The lowest BCUT2D eigenvalue weighted by Crippen LogP contribution is -2.35. The van der Waals surface area contributed by atoms with Crippen molar-refractivity contribution in [1.29, 1.82) is 0 Å². The highest BCUT2D eigenvalue weighted by Gasteiger charge is 2.18. The van der Waals surface area contributed by atoms with Crippen LogP contribution in [0.15, 0.2) is 41.0 Å². The van der Waals surface area contributed by atoms with Gasteiger partial charge in [0, 0.05) is 10.7 Å². The zero-order valence-corrected chi connectivity index (χ0v) is 11.4. The van der Waals surface area contributed by atoms with Gasteiger partial charge in [-0.15, -0.1) is 0 Å². The van der Waals surface area contributed by atoms with Gasteiger partial charge in [-0.25, -0.2) is 0 Å². The quantitative estimate of drug-likeness (QED) is 0.935. The molecule has 100 valence electrons. The minimum atomic E-state index is -0.179.